The summed E-state index contributed by atoms with van der Waals surface area (Å²) in [6.45, 7) is 2.15. The number of benzene rings is 9. The molecule has 0 fully saturated rings. The monoisotopic (exact) mass is 716 g/mol. The molecule has 0 radical (unpaired) electrons. The Morgan fingerprint density at radius 1 is 0.393 bits per heavy atom. The normalized spacial score (nSPS) is 11.7. The highest BCUT2D eigenvalue weighted by molar-refractivity contribution is 6.13. The summed E-state index contributed by atoms with van der Waals surface area (Å²) in [5, 5.41) is 7.37. The quantitative estimate of drug-likeness (QED) is 0.182. The van der Waals surface area contributed by atoms with Crippen LogP contribution in [0.25, 0.3) is 93.5 Å². The van der Waals surface area contributed by atoms with E-state index in [9.17, 15) is 0 Å². The van der Waals surface area contributed by atoms with Crippen molar-refractivity contribution in [2.24, 2.45) is 0 Å². The van der Waals surface area contributed by atoms with E-state index in [2.05, 4.69) is 180 Å². The number of rotatable bonds is 6. The van der Waals surface area contributed by atoms with Gasteiger partial charge in [-0.15, -0.1) is 0 Å². The topological polar surface area (TPSA) is 29.9 Å². The van der Waals surface area contributed by atoms with Gasteiger partial charge in [-0.05, 0) is 94.2 Å². The SMILES string of the molecule is Cc1ccccc1-c1ccc(-c2ccc3c4ccccc4n(-c4cccc5c(-c6ccc7c(c6)[nH]c6ccccc67)cccc45)c3c2)cc1Oc1ccccc1. The summed E-state index contributed by atoms with van der Waals surface area (Å²) in [7, 11) is 0. The summed E-state index contributed by atoms with van der Waals surface area (Å²) < 4.78 is 9.09. The van der Waals surface area contributed by atoms with Crippen LogP contribution >= 0.6 is 0 Å². The van der Waals surface area contributed by atoms with Gasteiger partial charge in [0.1, 0.15) is 11.5 Å². The number of aromatic nitrogens is 2. The standard InChI is InChI=1S/C53H36N2O/c1-34-13-5-6-16-39(34)47-30-26-36(33-53(47)56-38-14-3-2-4-15-38)35-25-29-46-45-18-8-10-23-50(45)55(52(46)32-35)51-24-12-20-41-40(19-11-21-44(41)51)37-27-28-43-42-17-7-9-22-48(42)54-49(43)31-37/h2-33,54H,1H3. The Morgan fingerprint density at radius 3 is 1.95 bits per heavy atom. The molecule has 11 aromatic rings. The second kappa shape index (κ2) is 12.9. The van der Waals surface area contributed by atoms with Gasteiger partial charge in [0.05, 0.1) is 16.7 Å². The van der Waals surface area contributed by atoms with Crippen LogP contribution in [0.1, 0.15) is 5.56 Å². The van der Waals surface area contributed by atoms with Crippen LogP contribution in [0.2, 0.25) is 0 Å². The molecule has 0 atom stereocenters. The molecule has 0 bridgehead atoms. The van der Waals surface area contributed by atoms with Crippen molar-refractivity contribution in [1.82, 2.24) is 9.55 Å². The maximum absolute atomic E-state index is 6.64. The zero-order valence-corrected chi connectivity index (χ0v) is 30.8. The minimum atomic E-state index is 0.812. The lowest BCUT2D eigenvalue weighted by Gasteiger charge is -2.16. The molecule has 0 aliphatic rings. The molecule has 0 unspecified atom stereocenters. The first-order valence-electron chi connectivity index (χ1n) is 19.2. The first kappa shape index (κ1) is 32.1. The Bertz CT molecular complexity index is 3290. The van der Waals surface area contributed by atoms with Gasteiger partial charge in [-0.2, -0.15) is 0 Å². The van der Waals surface area contributed by atoms with Crippen molar-refractivity contribution in [3.63, 3.8) is 0 Å². The van der Waals surface area contributed by atoms with Crippen molar-refractivity contribution in [3.8, 4) is 50.6 Å². The summed E-state index contributed by atoms with van der Waals surface area (Å²) >= 11 is 0. The van der Waals surface area contributed by atoms with Gasteiger partial charge in [0.15, 0.2) is 0 Å². The molecule has 3 heteroatoms. The highest BCUT2D eigenvalue weighted by Gasteiger charge is 2.18. The average Bonchev–Trinajstić information content (AvgIpc) is 3.79. The highest BCUT2D eigenvalue weighted by Crippen LogP contribution is 2.42. The average molecular weight is 717 g/mol. The van der Waals surface area contributed by atoms with Gasteiger partial charge in [-0.3, -0.25) is 0 Å². The Kier molecular flexibility index (Phi) is 7.39. The van der Waals surface area contributed by atoms with Gasteiger partial charge >= 0.3 is 0 Å². The van der Waals surface area contributed by atoms with E-state index < -0.39 is 0 Å². The van der Waals surface area contributed by atoms with Crippen LogP contribution in [0, 0.1) is 6.92 Å². The largest absolute Gasteiger partial charge is 0.457 e. The molecule has 1 N–H and O–H groups in total. The summed E-state index contributed by atoms with van der Waals surface area (Å²) in [5.74, 6) is 1.64. The molecule has 264 valence electrons. The van der Waals surface area contributed by atoms with Crippen molar-refractivity contribution in [2.45, 2.75) is 6.92 Å². The molecule has 9 aromatic carbocycles. The fourth-order valence-corrected chi connectivity index (χ4v) is 8.67. The van der Waals surface area contributed by atoms with Gasteiger partial charge < -0.3 is 14.3 Å². The van der Waals surface area contributed by atoms with Crippen LogP contribution in [0.4, 0.5) is 0 Å². The lowest BCUT2D eigenvalue weighted by molar-refractivity contribution is 0.484. The van der Waals surface area contributed by atoms with E-state index >= 15 is 0 Å². The van der Waals surface area contributed by atoms with Crippen molar-refractivity contribution in [2.75, 3.05) is 0 Å². The number of para-hydroxylation sites is 3. The van der Waals surface area contributed by atoms with Crippen LogP contribution in [0.15, 0.2) is 194 Å². The van der Waals surface area contributed by atoms with E-state index in [0.717, 1.165) is 56.0 Å². The summed E-state index contributed by atoms with van der Waals surface area (Å²) in [6.07, 6.45) is 0. The first-order chi connectivity index (χ1) is 27.7. The molecule has 0 aliphatic carbocycles. The van der Waals surface area contributed by atoms with Crippen LogP contribution in [-0.4, -0.2) is 9.55 Å². The van der Waals surface area contributed by atoms with Crippen molar-refractivity contribution in [1.29, 1.82) is 0 Å². The van der Waals surface area contributed by atoms with Gasteiger partial charge in [0.25, 0.3) is 0 Å². The molecule has 0 spiro atoms. The smallest absolute Gasteiger partial charge is 0.135 e. The van der Waals surface area contributed by atoms with Crippen LogP contribution in [-0.2, 0) is 0 Å². The molecule has 2 aromatic heterocycles. The second-order valence-corrected chi connectivity index (χ2v) is 14.6. The Balaban J connectivity index is 1.08. The zero-order chi connectivity index (χ0) is 37.2. The van der Waals surface area contributed by atoms with Crippen molar-refractivity contribution < 1.29 is 4.74 Å². The van der Waals surface area contributed by atoms with Gasteiger partial charge in [-0.1, -0.05) is 146 Å². The first-order valence-corrected chi connectivity index (χ1v) is 19.2. The number of fused-ring (bicyclic) bond motifs is 7. The van der Waals surface area contributed by atoms with Crippen LogP contribution in [0.5, 0.6) is 11.5 Å². The number of hydrogen-bond acceptors (Lipinski definition) is 1. The Labute approximate surface area is 324 Å². The lowest BCUT2D eigenvalue weighted by Crippen LogP contribution is -1.96. The molecule has 0 aliphatic heterocycles. The molecule has 0 saturated heterocycles. The Hall–Kier alpha value is -7.36. The lowest BCUT2D eigenvalue weighted by atomic mass is 9.96. The fraction of sp³-hybridized carbons (Fsp3) is 0.0189. The molecule has 3 nitrogen and oxygen atoms in total. The van der Waals surface area contributed by atoms with E-state index in [1.54, 1.807) is 0 Å². The van der Waals surface area contributed by atoms with Gasteiger partial charge in [-0.25, -0.2) is 0 Å². The van der Waals surface area contributed by atoms with Crippen molar-refractivity contribution >= 4 is 54.4 Å². The molecule has 11 rings (SSSR count). The third-order valence-electron chi connectivity index (χ3n) is 11.4. The predicted molar refractivity (Wildman–Crippen MR) is 235 cm³/mol. The number of hydrogen-bond donors (Lipinski definition) is 1. The number of H-pyrrole nitrogens is 1. The second-order valence-electron chi connectivity index (χ2n) is 14.6. The minimum Gasteiger partial charge on any atom is -0.457 e. The number of nitrogens with zero attached hydrogens (tertiary/aromatic N) is 1. The maximum atomic E-state index is 6.64. The molecule has 56 heavy (non-hydrogen) atoms. The highest BCUT2D eigenvalue weighted by atomic mass is 16.5. The third-order valence-corrected chi connectivity index (χ3v) is 11.4. The number of nitrogens with one attached hydrogen (secondary N) is 1. The Morgan fingerprint density at radius 2 is 1.04 bits per heavy atom. The molecular weight excluding hydrogens is 681 g/mol. The van der Waals surface area contributed by atoms with Crippen LogP contribution < -0.4 is 4.74 Å². The van der Waals surface area contributed by atoms with E-state index in [1.165, 1.54) is 54.5 Å². The molecular formula is C53H36N2O. The third kappa shape index (κ3) is 5.20. The van der Waals surface area contributed by atoms with Crippen LogP contribution in [0.3, 0.4) is 0 Å². The maximum Gasteiger partial charge on any atom is 0.135 e. The summed E-state index contributed by atoms with van der Waals surface area (Å²) in [6, 6.07) is 69.6. The molecule has 0 saturated carbocycles. The van der Waals surface area contributed by atoms with E-state index in [-0.39, 0.29) is 0 Å². The zero-order valence-electron chi connectivity index (χ0n) is 30.8. The van der Waals surface area contributed by atoms with E-state index in [1.807, 2.05) is 30.3 Å². The number of aryl methyl sites for hydroxylation is 1. The molecule has 0 amide bonds. The summed E-state index contributed by atoms with van der Waals surface area (Å²) in [4.78, 5) is 3.65. The minimum absolute atomic E-state index is 0.812. The number of aromatic amines is 1. The fourth-order valence-electron chi connectivity index (χ4n) is 8.67. The number of ether oxygens (including phenoxy) is 1. The predicted octanol–water partition coefficient (Wildman–Crippen LogP) is 14.7. The van der Waals surface area contributed by atoms with Gasteiger partial charge in [0, 0.05) is 43.5 Å². The van der Waals surface area contributed by atoms with E-state index in [4.69, 9.17) is 4.74 Å². The van der Waals surface area contributed by atoms with Gasteiger partial charge in [0.2, 0.25) is 0 Å². The molecule has 2 heterocycles. The summed E-state index contributed by atoms with van der Waals surface area (Å²) in [5.41, 5.74) is 13.9. The van der Waals surface area contributed by atoms with E-state index in [0.29, 0.717) is 0 Å². The van der Waals surface area contributed by atoms with Crippen molar-refractivity contribution in [3.05, 3.63) is 200 Å².